The number of fused-ring (bicyclic) bond motifs is 2. The first-order valence-electron chi connectivity index (χ1n) is 12.8. The van der Waals surface area contributed by atoms with Gasteiger partial charge in [-0.15, -0.1) is 0 Å². The predicted octanol–water partition coefficient (Wildman–Crippen LogP) is 1.69. The molecule has 1 N–H and O–H groups in total. The monoisotopic (exact) mass is 525 g/mol. The zero-order valence-corrected chi connectivity index (χ0v) is 22.0. The lowest BCUT2D eigenvalue weighted by Gasteiger charge is -2.42. The molecule has 0 spiro atoms. The highest BCUT2D eigenvalue weighted by molar-refractivity contribution is 5.98. The van der Waals surface area contributed by atoms with Crippen molar-refractivity contribution in [3.05, 3.63) is 57.5 Å². The molecule has 202 valence electrons. The third-order valence-corrected chi connectivity index (χ3v) is 7.03. The molecule has 11 nitrogen and oxygen atoms in total. The molecule has 5 rings (SSSR count). The number of aromatic nitrogens is 4. The quantitative estimate of drug-likeness (QED) is 0.521. The fourth-order valence-corrected chi connectivity index (χ4v) is 5.01. The fourth-order valence-electron chi connectivity index (χ4n) is 5.01. The second-order valence-corrected chi connectivity index (χ2v) is 10.7. The minimum absolute atomic E-state index is 0.0275. The molecule has 12 heteroatoms. The molecule has 0 radical (unpaired) electrons. The van der Waals surface area contributed by atoms with Crippen LogP contribution in [0.15, 0.2) is 29.2 Å². The molecule has 0 aliphatic carbocycles. The van der Waals surface area contributed by atoms with Gasteiger partial charge in [0.1, 0.15) is 29.5 Å². The van der Waals surface area contributed by atoms with E-state index in [9.17, 15) is 18.8 Å². The third kappa shape index (κ3) is 4.93. The van der Waals surface area contributed by atoms with Gasteiger partial charge in [0.15, 0.2) is 0 Å². The molecule has 0 unspecified atom stereocenters. The Balaban J connectivity index is 1.45. The van der Waals surface area contributed by atoms with Gasteiger partial charge in [0.2, 0.25) is 5.91 Å². The van der Waals surface area contributed by atoms with Crippen molar-refractivity contribution < 1.29 is 18.7 Å². The van der Waals surface area contributed by atoms with Crippen LogP contribution >= 0.6 is 0 Å². The number of nitrogens with zero attached hydrogens (tertiary/aromatic N) is 6. The second-order valence-electron chi connectivity index (χ2n) is 10.7. The number of amides is 2. The topological polar surface area (TPSA) is 114 Å². The summed E-state index contributed by atoms with van der Waals surface area (Å²) in [5.41, 5.74) is 1.10. The first-order valence-corrected chi connectivity index (χ1v) is 12.8. The number of morpholine rings is 1. The molecule has 1 fully saturated rings. The number of carbonyl (C=O) groups excluding carboxylic acids is 2. The van der Waals surface area contributed by atoms with Crippen molar-refractivity contribution in [3.8, 4) is 0 Å². The van der Waals surface area contributed by atoms with Crippen LogP contribution in [0.5, 0.6) is 0 Å². The average Bonchev–Trinajstić information content (AvgIpc) is 3.45. The van der Waals surface area contributed by atoms with E-state index in [0.29, 0.717) is 43.0 Å². The predicted molar refractivity (Wildman–Crippen MR) is 137 cm³/mol. The Kier molecular flexibility index (Phi) is 6.78. The molecule has 2 aliphatic heterocycles. The van der Waals surface area contributed by atoms with E-state index in [4.69, 9.17) is 4.74 Å². The zero-order valence-electron chi connectivity index (χ0n) is 22.0. The summed E-state index contributed by atoms with van der Waals surface area (Å²) in [7, 11) is 0. The SMILES string of the molecule is CCc1cc2n(CC(=O)Nc3ccc(F)cn3)c3c(c(=O)n2n1)CN(C[C@H]1CN(C(C)(C)C)CCO1)C3=O. The van der Waals surface area contributed by atoms with E-state index in [2.05, 4.69) is 41.1 Å². The van der Waals surface area contributed by atoms with Crippen molar-refractivity contribution in [2.45, 2.75) is 58.8 Å². The van der Waals surface area contributed by atoms with Gasteiger partial charge in [0.05, 0.1) is 36.7 Å². The average molecular weight is 526 g/mol. The van der Waals surface area contributed by atoms with Gasteiger partial charge in [-0.25, -0.2) is 9.37 Å². The van der Waals surface area contributed by atoms with Crippen LogP contribution in [0.2, 0.25) is 0 Å². The lowest BCUT2D eigenvalue weighted by atomic mass is 10.0. The normalized spacial score (nSPS) is 18.3. The number of nitrogens with one attached hydrogen (secondary N) is 1. The van der Waals surface area contributed by atoms with Crippen LogP contribution in [0.1, 0.15) is 49.4 Å². The Bertz CT molecular complexity index is 1440. The number of anilines is 1. The highest BCUT2D eigenvalue weighted by Gasteiger charge is 2.38. The first-order chi connectivity index (χ1) is 18.0. The van der Waals surface area contributed by atoms with Crippen molar-refractivity contribution >= 4 is 23.3 Å². The second kappa shape index (κ2) is 9.91. The van der Waals surface area contributed by atoms with Gasteiger partial charge in [-0.1, -0.05) is 6.92 Å². The number of hydrogen-bond donors (Lipinski definition) is 1. The van der Waals surface area contributed by atoms with Crippen molar-refractivity contribution in [3.63, 3.8) is 0 Å². The number of carbonyl (C=O) groups is 2. The van der Waals surface area contributed by atoms with E-state index >= 15 is 0 Å². The van der Waals surface area contributed by atoms with Gasteiger partial charge in [-0.05, 0) is 39.3 Å². The van der Waals surface area contributed by atoms with Gasteiger partial charge in [-0.2, -0.15) is 9.61 Å². The summed E-state index contributed by atoms with van der Waals surface area (Å²) in [4.78, 5) is 47.9. The van der Waals surface area contributed by atoms with E-state index in [1.807, 2.05) is 6.92 Å². The summed E-state index contributed by atoms with van der Waals surface area (Å²) >= 11 is 0. The van der Waals surface area contributed by atoms with Crippen LogP contribution in [0.3, 0.4) is 0 Å². The van der Waals surface area contributed by atoms with Crippen molar-refractivity contribution in [2.24, 2.45) is 0 Å². The summed E-state index contributed by atoms with van der Waals surface area (Å²) in [5.74, 6) is -1.15. The molecule has 0 saturated carbocycles. The van der Waals surface area contributed by atoms with Gasteiger partial charge in [0.25, 0.3) is 11.5 Å². The smallest absolute Gasteiger partial charge is 0.280 e. The summed E-state index contributed by atoms with van der Waals surface area (Å²) in [5, 5.41) is 7.03. The minimum Gasteiger partial charge on any atom is -0.374 e. The Morgan fingerprint density at radius 2 is 2.05 bits per heavy atom. The molecular weight excluding hydrogens is 493 g/mol. The maximum absolute atomic E-state index is 13.7. The number of halogens is 1. The van der Waals surface area contributed by atoms with Crippen molar-refractivity contribution in [1.29, 1.82) is 0 Å². The molecule has 3 aromatic heterocycles. The third-order valence-electron chi connectivity index (χ3n) is 7.03. The lowest BCUT2D eigenvalue weighted by molar-refractivity contribution is -0.116. The molecule has 2 aliphatic rings. The van der Waals surface area contributed by atoms with Gasteiger partial charge >= 0.3 is 0 Å². The number of ether oxygens (including phenoxy) is 1. The largest absolute Gasteiger partial charge is 0.374 e. The van der Waals surface area contributed by atoms with E-state index in [0.717, 1.165) is 12.7 Å². The Hall–Kier alpha value is -3.64. The highest BCUT2D eigenvalue weighted by Crippen LogP contribution is 2.25. The highest BCUT2D eigenvalue weighted by atomic mass is 19.1. The summed E-state index contributed by atoms with van der Waals surface area (Å²) in [6, 6.07) is 4.26. The number of aryl methyl sites for hydroxylation is 1. The molecule has 0 aromatic carbocycles. The fraction of sp³-hybridized carbons (Fsp3) is 0.500. The van der Waals surface area contributed by atoms with E-state index in [-0.39, 0.29) is 47.7 Å². The Morgan fingerprint density at radius 3 is 2.74 bits per heavy atom. The number of rotatable bonds is 6. The Morgan fingerprint density at radius 1 is 1.26 bits per heavy atom. The summed E-state index contributed by atoms with van der Waals surface area (Å²) < 4.78 is 22.0. The Labute approximate surface area is 219 Å². The molecule has 1 saturated heterocycles. The van der Waals surface area contributed by atoms with Crippen LogP contribution in [0, 0.1) is 5.82 Å². The molecule has 3 aromatic rings. The van der Waals surface area contributed by atoms with Gasteiger partial charge < -0.3 is 19.5 Å². The van der Waals surface area contributed by atoms with Gasteiger partial charge in [-0.3, -0.25) is 19.3 Å². The van der Waals surface area contributed by atoms with Crippen molar-refractivity contribution in [1.82, 2.24) is 29.0 Å². The van der Waals surface area contributed by atoms with Crippen LogP contribution in [-0.4, -0.2) is 78.7 Å². The zero-order chi connectivity index (χ0) is 27.2. The first kappa shape index (κ1) is 26.0. The van der Waals surface area contributed by atoms with E-state index in [1.165, 1.54) is 21.2 Å². The summed E-state index contributed by atoms with van der Waals surface area (Å²) in [6.45, 7) is 10.6. The summed E-state index contributed by atoms with van der Waals surface area (Å²) in [6.07, 6.45) is 1.39. The molecule has 5 heterocycles. The maximum Gasteiger partial charge on any atom is 0.280 e. The van der Waals surface area contributed by atoms with Crippen LogP contribution in [0.25, 0.3) is 5.65 Å². The van der Waals surface area contributed by atoms with Crippen LogP contribution in [0.4, 0.5) is 10.2 Å². The van der Waals surface area contributed by atoms with Crippen LogP contribution in [-0.2, 0) is 29.0 Å². The van der Waals surface area contributed by atoms with E-state index in [1.54, 1.807) is 11.0 Å². The molecule has 2 amide bonds. The lowest BCUT2D eigenvalue weighted by Crippen LogP contribution is -2.54. The maximum atomic E-state index is 13.7. The van der Waals surface area contributed by atoms with Crippen LogP contribution < -0.4 is 10.9 Å². The van der Waals surface area contributed by atoms with Gasteiger partial charge in [0, 0.05) is 31.2 Å². The van der Waals surface area contributed by atoms with E-state index < -0.39 is 11.7 Å². The number of pyridine rings is 1. The number of hydrogen-bond acceptors (Lipinski definition) is 7. The molecule has 1 atom stereocenters. The molecule has 0 bridgehead atoms. The van der Waals surface area contributed by atoms with Crippen molar-refractivity contribution in [2.75, 3.05) is 31.6 Å². The minimum atomic E-state index is -0.521. The molecular formula is C26H32FN7O4. The standard InChI is InChI=1S/C26H32FN7O4/c1-5-17-10-22-33(15-21(35)29-20-7-6-16(27)11-28-20)23-19(24(36)34(22)30-17)14-31(25(23)37)12-18-13-32(8-9-38-18)26(2,3)4/h6-7,10-11,18H,5,8-9,12-15H2,1-4H3,(H,28,29,35)/t18-/m0/s1. The molecule has 38 heavy (non-hydrogen) atoms.